The molecule has 0 heterocycles. The van der Waals surface area contributed by atoms with Gasteiger partial charge in [0, 0.05) is 24.3 Å². The van der Waals surface area contributed by atoms with Crippen LogP contribution >= 0.6 is 0 Å². The van der Waals surface area contributed by atoms with E-state index in [1.54, 1.807) is 6.07 Å². The van der Waals surface area contributed by atoms with Gasteiger partial charge in [-0.25, -0.2) is 4.39 Å². The Bertz CT molecular complexity index is 480. The highest BCUT2D eigenvalue weighted by Gasteiger charge is 2.31. The lowest BCUT2D eigenvalue weighted by Gasteiger charge is -2.30. The number of aryl methyl sites for hydroxylation is 1. The van der Waals surface area contributed by atoms with E-state index in [9.17, 15) is 4.39 Å². The molecule has 1 saturated carbocycles. The lowest BCUT2D eigenvalue weighted by molar-refractivity contribution is 0.564. The molecule has 0 amide bonds. The molecule has 21 heavy (non-hydrogen) atoms. The Balaban J connectivity index is 2.35. The summed E-state index contributed by atoms with van der Waals surface area (Å²) in [6.45, 7) is 9.55. The second kappa shape index (κ2) is 6.78. The van der Waals surface area contributed by atoms with E-state index >= 15 is 0 Å². The molecule has 0 saturated heterocycles. The molecule has 0 aliphatic heterocycles. The third kappa shape index (κ3) is 3.97. The van der Waals surface area contributed by atoms with E-state index in [0.717, 1.165) is 17.7 Å². The minimum atomic E-state index is -0.101. The highest BCUT2D eigenvalue weighted by atomic mass is 19.1. The molecule has 1 atom stereocenters. The molecule has 1 aliphatic rings. The summed E-state index contributed by atoms with van der Waals surface area (Å²) in [5.41, 5.74) is 3.04. The van der Waals surface area contributed by atoms with Crippen LogP contribution in [0.3, 0.4) is 0 Å². The number of nitrogens with one attached hydrogen (secondary N) is 1. The van der Waals surface area contributed by atoms with Gasteiger partial charge in [-0.1, -0.05) is 13.8 Å². The van der Waals surface area contributed by atoms with E-state index in [-0.39, 0.29) is 11.9 Å². The summed E-state index contributed by atoms with van der Waals surface area (Å²) in [5, 5.41) is 3.25. The maximum atomic E-state index is 14.0. The van der Waals surface area contributed by atoms with Crippen LogP contribution in [-0.2, 0) is 0 Å². The molecule has 1 aliphatic carbocycles. The van der Waals surface area contributed by atoms with Crippen LogP contribution in [0.2, 0.25) is 0 Å². The Kier molecular flexibility index (Phi) is 5.26. The summed E-state index contributed by atoms with van der Waals surface area (Å²) < 4.78 is 14.0. The van der Waals surface area contributed by atoms with Gasteiger partial charge in [-0.2, -0.15) is 0 Å². The number of halogens is 1. The second-order valence-corrected chi connectivity index (χ2v) is 6.78. The topological polar surface area (TPSA) is 15.3 Å². The summed E-state index contributed by atoms with van der Waals surface area (Å²) in [7, 11) is 1.93. The molecular formula is C18H29FN2. The van der Waals surface area contributed by atoms with E-state index in [1.807, 2.05) is 20.0 Å². The fourth-order valence-electron chi connectivity index (χ4n) is 2.72. The smallest absolute Gasteiger partial charge is 0.126 e. The molecule has 3 heteroatoms. The zero-order valence-corrected chi connectivity index (χ0v) is 14.0. The van der Waals surface area contributed by atoms with Crippen molar-refractivity contribution in [3.05, 3.63) is 29.1 Å². The Morgan fingerprint density at radius 2 is 1.95 bits per heavy atom. The third-order valence-corrected chi connectivity index (χ3v) is 4.45. The van der Waals surface area contributed by atoms with Gasteiger partial charge in [0.2, 0.25) is 0 Å². The second-order valence-electron chi connectivity index (χ2n) is 6.78. The number of hydrogen-bond acceptors (Lipinski definition) is 2. The molecule has 0 bridgehead atoms. The van der Waals surface area contributed by atoms with Gasteiger partial charge in [-0.3, -0.25) is 0 Å². The average molecular weight is 292 g/mol. The molecule has 1 fully saturated rings. The first-order chi connectivity index (χ1) is 9.93. The summed E-state index contributed by atoms with van der Waals surface area (Å²) in [5.74, 6) is 0.591. The fourth-order valence-corrected chi connectivity index (χ4v) is 2.72. The lowest BCUT2D eigenvalue weighted by atomic mass is 10.0. The van der Waals surface area contributed by atoms with Crippen molar-refractivity contribution in [2.24, 2.45) is 5.92 Å². The van der Waals surface area contributed by atoms with Crippen molar-refractivity contribution in [3.63, 3.8) is 0 Å². The maximum Gasteiger partial charge on any atom is 0.126 e. The molecule has 0 spiro atoms. The van der Waals surface area contributed by atoms with E-state index in [4.69, 9.17) is 0 Å². The molecule has 118 valence electrons. The average Bonchev–Trinajstić information content (AvgIpc) is 3.26. The minimum absolute atomic E-state index is 0.101. The summed E-state index contributed by atoms with van der Waals surface area (Å²) in [6, 6.07) is 4.57. The van der Waals surface area contributed by atoms with Crippen molar-refractivity contribution >= 4 is 5.69 Å². The predicted molar refractivity (Wildman–Crippen MR) is 88.4 cm³/mol. The van der Waals surface area contributed by atoms with E-state index in [0.29, 0.717) is 12.0 Å². The van der Waals surface area contributed by atoms with Crippen LogP contribution in [0.4, 0.5) is 10.1 Å². The first-order valence-corrected chi connectivity index (χ1v) is 8.18. The third-order valence-electron chi connectivity index (χ3n) is 4.45. The Morgan fingerprint density at radius 1 is 1.29 bits per heavy atom. The molecule has 1 aromatic rings. The largest absolute Gasteiger partial charge is 0.368 e. The van der Waals surface area contributed by atoms with E-state index in [1.165, 1.54) is 24.9 Å². The maximum absolute atomic E-state index is 14.0. The highest BCUT2D eigenvalue weighted by Crippen LogP contribution is 2.37. The van der Waals surface area contributed by atoms with Crippen molar-refractivity contribution in [2.75, 3.05) is 18.5 Å². The normalized spacial score (nSPS) is 16.3. The first-order valence-electron chi connectivity index (χ1n) is 8.18. The van der Waals surface area contributed by atoms with Gasteiger partial charge in [0.1, 0.15) is 5.82 Å². The standard InChI is InChI=1S/C18H29FN2/c1-12(2)8-9-21(15-6-7-15)18-10-13(3)17(19)11-16(18)14(4)20-5/h10-12,14-15,20H,6-9H2,1-5H3. The quantitative estimate of drug-likeness (QED) is 0.800. The van der Waals surface area contributed by atoms with Crippen LogP contribution in [0.15, 0.2) is 12.1 Å². The van der Waals surface area contributed by atoms with Gasteiger partial charge in [-0.15, -0.1) is 0 Å². The number of benzene rings is 1. The van der Waals surface area contributed by atoms with Crippen LogP contribution in [0.5, 0.6) is 0 Å². The van der Waals surface area contributed by atoms with Crippen LogP contribution in [0, 0.1) is 18.7 Å². The molecule has 2 rings (SSSR count). The van der Waals surface area contributed by atoms with Gasteiger partial charge in [0.25, 0.3) is 0 Å². The summed E-state index contributed by atoms with van der Waals surface area (Å²) in [4.78, 5) is 2.51. The molecule has 1 unspecified atom stereocenters. The van der Waals surface area contributed by atoms with Gasteiger partial charge in [-0.05, 0) is 69.3 Å². The van der Waals surface area contributed by atoms with Gasteiger partial charge in [0.05, 0.1) is 0 Å². The summed E-state index contributed by atoms with van der Waals surface area (Å²) >= 11 is 0. The van der Waals surface area contributed by atoms with Crippen molar-refractivity contribution in [1.82, 2.24) is 5.32 Å². The Labute approximate surface area is 128 Å². The number of anilines is 1. The number of nitrogens with zero attached hydrogens (tertiary/aromatic N) is 1. The number of rotatable bonds is 7. The lowest BCUT2D eigenvalue weighted by Crippen LogP contribution is -2.30. The molecular weight excluding hydrogens is 263 g/mol. The SMILES string of the molecule is CNC(C)c1cc(F)c(C)cc1N(CCC(C)C)C1CC1. The van der Waals surface area contributed by atoms with Crippen LogP contribution < -0.4 is 10.2 Å². The van der Waals surface area contributed by atoms with E-state index in [2.05, 4.69) is 31.0 Å². The van der Waals surface area contributed by atoms with Gasteiger partial charge < -0.3 is 10.2 Å². The van der Waals surface area contributed by atoms with Crippen molar-refractivity contribution < 1.29 is 4.39 Å². The van der Waals surface area contributed by atoms with Gasteiger partial charge >= 0.3 is 0 Å². The first kappa shape index (κ1) is 16.3. The Hall–Kier alpha value is -1.09. The van der Waals surface area contributed by atoms with Gasteiger partial charge in [0.15, 0.2) is 0 Å². The van der Waals surface area contributed by atoms with Crippen molar-refractivity contribution in [1.29, 1.82) is 0 Å². The molecule has 0 aromatic heterocycles. The number of hydrogen-bond donors (Lipinski definition) is 1. The van der Waals surface area contributed by atoms with Crippen molar-refractivity contribution in [2.45, 2.75) is 59.0 Å². The molecule has 1 aromatic carbocycles. The predicted octanol–water partition coefficient (Wildman–Crippen LogP) is 4.43. The van der Waals surface area contributed by atoms with Crippen molar-refractivity contribution in [3.8, 4) is 0 Å². The fraction of sp³-hybridized carbons (Fsp3) is 0.667. The van der Waals surface area contributed by atoms with E-state index < -0.39 is 0 Å². The molecule has 2 nitrogen and oxygen atoms in total. The molecule has 1 N–H and O–H groups in total. The Morgan fingerprint density at radius 3 is 2.48 bits per heavy atom. The zero-order valence-electron chi connectivity index (χ0n) is 14.0. The zero-order chi connectivity index (χ0) is 15.6. The van der Waals surface area contributed by atoms with Crippen LogP contribution in [-0.4, -0.2) is 19.6 Å². The van der Waals surface area contributed by atoms with Crippen LogP contribution in [0.25, 0.3) is 0 Å². The summed E-state index contributed by atoms with van der Waals surface area (Å²) in [6.07, 6.45) is 3.71. The highest BCUT2D eigenvalue weighted by molar-refractivity contribution is 5.58. The van der Waals surface area contributed by atoms with Crippen LogP contribution in [0.1, 0.15) is 57.2 Å². The monoisotopic (exact) mass is 292 g/mol. The minimum Gasteiger partial charge on any atom is -0.368 e. The molecule has 0 radical (unpaired) electrons.